The molecule has 0 amide bonds. The lowest BCUT2D eigenvalue weighted by Crippen LogP contribution is -2.14. The summed E-state index contributed by atoms with van der Waals surface area (Å²) in [4.78, 5) is 14.6. The van der Waals surface area contributed by atoms with Crippen molar-refractivity contribution in [3.63, 3.8) is 0 Å². The molecule has 0 aliphatic heterocycles. The van der Waals surface area contributed by atoms with Crippen LogP contribution in [-0.2, 0) is 4.74 Å². The highest BCUT2D eigenvalue weighted by molar-refractivity contribution is 6.30. The maximum Gasteiger partial charge on any atom is 0.342 e. The van der Waals surface area contributed by atoms with Crippen LogP contribution in [0.2, 0.25) is 0 Å². The van der Waals surface area contributed by atoms with E-state index >= 15 is 0 Å². The third kappa shape index (κ3) is 2.27. The molecule has 0 fully saturated rings. The van der Waals surface area contributed by atoms with Crippen LogP contribution in [0, 0.1) is 5.82 Å². The molecule has 0 aliphatic rings. The Morgan fingerprint density at radius 3 is 3.00 bits per heavy atom. The first-order valence-electron chi connectivity index (χ1n) is 3.73. The maximum absolute atomic E-state index is 13.0. The van der Waals surface area contributed by atoms with Gasteiger partial charge in [0, 0.05) is 6.20 Å². The zero-order chi connectivity index (χ0) is 9.84. The van der Waals surface area contributed by atoms with Crippen LogP contribution in [0.3, 0.4) is 0 Å². The van der Waals surface area contributed by atoms with Gasteiger partial charge in [-0.1, -0.05) is 0 Å². The van der Waals surface area contributed by atoms with Gasteiger partial charge < -0.3 is 4.74 Å². The molecule has 1 rings (SSSR count). The van der Waals surface area contributed by atoms with E-state index in [1.54, 1.807) is 6.92 Å². The Kier molecular flexibility index (Phi) is 3.00. The summed E-state index contributed by atoms with van der Waals surface area (Å²) < 4.78 is 17.6. The predicted molar refractivity (Wildman–Crippen MR) is 45.5 cm³/mol. The summed E-state index contributed by atoms with van der Waals surface area (Å²) in [6, 6.07) is 0.978. The molecule has 13 heavy (non-hydrogen) atoms. The minimum Gasteiger partial charge on any atom is -0.462 e. The highest BCUT2D eigenvalue weighted by Gasteiger charge is 2.12. The molecule has 0 bridgehead atoms. The minimum atomic E-state index is -0.729. The Bertz CT molecular complexity index is 330. The van der Waals surface area contributed by atoms with E-state index in [1.165, 1.54) is 0 Å². The fourth-order valence-corrected chi connectivity index (χ4v) is 0.805. The van der Waals surface area contributed by atoms with Crippen LogP contribution in [0.4, 0.5) is 4.39 Å². The van der Waals surface area contributed by atoms with Crippen LogP contribution in [0.1, 0.15) is 17.3 Å². The molecule has 0 aromatic carbocycles. The van der Waals surface area contributed by atoms with Gasteiger partial charge in [-0.05, 0) is 18.6 Å². The summed E-state index contributed by atoms with van der Waals surface area (Å²) >= 11 is 0. The number of aromatic nitrogens is 1. The lowest BCUT2D eigenvalue weighted by molar-refractivity contribution is 0.0520. The first-order chi connectivity index (χ1) is 6.15. The molecule has 0 aliphatic carbocycles. The summed E-state index contributed by atoms with van der Waals surface area (Å²) in [6.07, 6.45) is 1.06. The van der Waals surface area contributed by atoms with Gasteiger partial charge in [0.2, 0.25) is 0 Å². The van der Waals surface area contributed by atoms with Crippen molar-refractivity contribution < 1.29 is 13.9 Å². The van der Waals surface area contributed by atoms with Crippen LogP contribution < -0.4 is 5.59 Å². The van der Waals surface area contributed by atoms with Crippen molar-refractivity contribution in [1.29, 1.82) is 0 Å². The number of halogens is 1. The summed E-state index contributed by atoms with van der Waals surface area (Å²) in [5.74, 6) is -1.45. The van der Waals surface area contributed by atoms with Gasteiger partial charge in [0.05, 0.1) is 6.61 Å². The summed E-state index contributed by atoms with van der Waals surface area (Å²) in [6.45, 7) is 1.84. The van der Waals surface area contributed by atoms with Crippen molar-refractivity contribution in [3.05, 3.63) is 23.6 Å². The summed E-state index contributed by atoms with van der Waals surface area (Å²) in [5, 5.41) is 0. The number of hydrogen-bond donors (Lipinski definition) is 0. The quantitative estimate of drug-likeness (QED) is 0.480. The van der Waals surface area contributed by atoms with Gasteiger partial charge in [-0.25, -0.2) is 9.18 Å². The van der Waals surface area contributed by atoms with E-state index in [0.717, 1.165) is 12.3 Å². The van der Waals surface area contributed by atoms with Crippen molar-refractivity contribution in [2.45, 2.75) is 6.92 Å². The highest BCUT2D eigenvalue weighted by Crippen LogP contribution is 2.04. The molecule has 1 heterocycles. The Morgan fingerprint density at radius 2 is 2.46 bits per heavy atom. The smallest absolute Gasteiger partial charge is 0.342 e. The van der Waals surface area contributed by atoms with E-state index in [-0.39, 0.29) is 17.8 Å². The number of carbonyl (C=O) groups is 1. The van der Waals surface area contributed by atoms with Crippen molar-refractivity contribution in [3.8, 4) is 0 Å². The zero-order valence-corrected chi connectivity index (χ0v) is 7.08. The van der Waals surface area contributed by atoms with Crippen LogP contribution >= 0.6 is 0 Å². The fraction of sp³-hybridized carbons (Fsp3) is 0.250. The Labute approximate surface area is 76.3 Å². The van der Waals surface area contributed by atoms with Gasteiger partial charge in [-0.2, -0.15) is 0 Å². The third-order valence-electron chi connectivity index (χ3n) is 1.37. The standard InChI is InChI=1S/C8H7BFNO2/c1-2-13-8(12)5-4-11-7(9)3-6(5)10/h3-4H,2H2,1H3. The maximum atomic E-state index is 13.0. The molecule has 0 N–H and O–H groups in total. The molecule has 0 spiro atoms. The van der Waals surface area contributed by atoms with Crippen molar-refractivity contribution in [2.24, 2.45) is 0 Å². The number of ether oxygens (including phenoxy) is 1. The van der Waals surface area contributed by atoms with Crippen molar-refractivity contribution in [1.82, 2.24) is 4.98 Å². The van der Waals surface area contributed by atoms with Gasteiger partial charge in [0.15, 0.2) is 0 Å². The molecule has 0 saturated carbocycles. The zero-order valence-electron chi connectivity index (χ0n) is 7.08. The summed E-state index contributed by atoms with van der Waals surface area (Å²) in [7, 11) is 5.20. The van der Waals surface area contributed by atoms with Gasteiger partial charge in [-0.3, -0.25) is 4.98 Å². The summed E-state index contributed by atoms with van der Waals surface area (Å²) in [5.41, 5.74) is -0.165. The molecule has 2 radical (unpaired) electrons. The number of nitrogens with zero attached hydrogens (tertiary/aromatic N) is 1. The van der Waals surface area contributed by atoms with Gasteiger partial charge in [0.1, 0.15) is 19.2 Å². The number of pyridine rings is 1. The Balaban J connectivity index is 2.95. The second-order valence-corrected chi connectivity index (χ2v) is 2.31. The number of rotatable bonds is 2. The van der Waals surface area contributed by atoms with Crippen LogP contribution in [0.25, 0.3) is 0 Å². The van der Waals surface area contributed by atoms with E-state index in [9.17, 15) is 9.18 Å². The van der Waals surface area contributed by atoms with E-state index < -0.39 is 11.8 Å². The van der Waals surface area contributed by atoms with Gasteiger partial charge >= 0.3 is 5.97 Å². The molecule has 5 heteroatoms. The largest absolute Gasteiger partial charge is 0.462 e. The molecule has 0 saturated heterocycles. The number of carbonyl (C=O) groups excluding carboxylic acids is 1. The minimum absolute atomic E-state index is 0.0329. The van der Waals surface area contributed by atoms with Crippen LogP contribution in [0.5, 0.6) is 0 Å². The molecule has 0 unspecified atom stereocenters. The molecule has 1 aromatic heterocycles. The second-order valence-electron chi connectivity index (χ2n) is 2.31. The number of hydrogen-bond acceptors (Lipinski definition) is 3. The normalized spacial score (nSPS) is 9.69. The van der Waals surface area contributed by atoms with E-state index in [2.05, 4.69) is 9.72 Å². The van der Waals surface area contributed by atoms with E-state index in [0.29, 0.717) is 0 Å². The Hall–Kier alpha value is -1.39. The molecule has 0 atom stereocenters. The van der Waals surface area contributed by atoms with E-state index in [4.69, 9.17) is 7.85 Å². The molecule has 1 aromatic rings. The first-order valence-corrected chi connectivity index (χ1v) is 3.73. The van der Waals surface area contributed by atoms with Crippen LogP contribution in [-0.4, -0.2) is 25.4 Å². The lowest BCUT2D eigenvalue weighted by atomic mass is 10.0. The van der Waals surface area contributed by atoms with Gasteiger partial charge in [0.25, 0.3) is 0 Å². The molecule has 66 valence electrons. The highest BCUT2D eigenvalue weighted by atomic mass is 19.1. The van der Waals surface area contributed by atoms with E-state index in [1.807, 2.05) is 0 Å². The molecular weight excluding hydrogens is 172 g/mol. The average molecular weight is 179 g/mol. The lowest BCUT2D eigenvalue weighted by Gasteiger charge is -2.02. The third-order valence-corrected chi connectivity index (χ3v) is 1.37. The second kappa shape index (κ2) is 4.02. The topological polar surface area (TPSA) is 39.2 Å². The monoisotopic (exact) mass is 179 g/mol. The number of esters is 1. The van der Waals surface area contributed by atoms with Crippen LogP contribution in [0.15, 0.2) is 12.3 Å². The van der Waals surface area contributed by atoms with Crippen molar-refractivity contribution >= 4 is 19.4 Å². The molecular formula is C8H7BFNO2. The predicted octanol–water partition coefficient (Wildman–Crippen LogP) is 0.191. The first kappa shape index (κ1) is 9.70. The fourth-order valence-electron chi connectivity index (χ4n) is 0.805. The van der Waals surface area contributed by atoms with Gasteiger partial charge in [-0.15, -0.1) is 0 Å². The average Bonchev–Trinajstić information content (AvgIpc) is 2.04. The SMILES string of the molecule is [B]c1cc(F)c(C(=O)OCC)cn1. The Morgan fingerprint density at radius 1 is 1.77 bits per heavy atom. The molecule has 3 nitrogen and oxygen atoms in total. The van der Waals surface area contributed by atoms with Crippen molar-refractivity contribution in [2.75, 3.05) is 6.61 Å².